The number of hydrogen-bond donors (Lipinski definition) is 0. The highest BCUT2D eigenvalue weighted by Crippen LogP contribution is 2.33. The standard InChI is InChI=1S/C18H13ClF2N4O/c19-13-5-1-11(2-6-13)15-9-16(25-18(24-15)22-10-23-25)12-3-7-14(8-4-12)26-17(20)21/h1-8,10,16-17H,9H2. The maximum absolute atomic E-state index is 12.3. The average molecular weight is 375 g/mol. The molecule has 0 radical (unpaired) electrons. The Kier molecular flexibility index (Phi) is 4.38. The number of benzene rings is 2. The van der Waals surface area contributed by atoms with E-state index in [1.807, 2.05) is 24.3 Å². The van der Waals surface area contributed by atoms with Gasteiger partial charge in [0, 0.05) is 11.4 Å². The van der Waals surface area contributed by atoms with Gasteiger partial charge in [-0.15, -0.1) is 0 Å². The first-order valence-electron chi connectivity index (χ1n) is 7.88. The van der Waals surface area contributed by atoms with Gasteiger partial charge in [-0.2, -0.15) is 18.9 Å². The van der Waals surface area contributed by atoms with Crippen molar-refractivity contribution in [1.29, 1.82) is 0 Å². The molecule has 5 nitrogen and oxygen atoms in total. The zero-order chi connectivity index (χ0) is 18.1. The zero-order valence-corrected chi connectivity index (χ0v) is 14.1. The first-order valence-corrected chi connectivity index (χ1v) is 8.26. The lowest BCUT2D eigenvalue weighted by molar-refractivity contribution is -0.0498. The van der Waals surface area contributed by atoms with Gasteiger partial charge in [0.2, 0.25) is 5.95 Å². The molecule has 0 amide bonds. The van der Waals surface area contributed by atoms with E-state index in [2.05, 4.69) is 19.8 Å². The van der Waals surface area contributed by atoms with Gasteiger partial charge in [-0.05, 0) is 35.4 Å². The lowest BCUT2D eigenvalue weighted by Gasteiger charge is -2.24. The molecular formula is C18H13ClF2N4O. The van der Waals surface area contributed by atoms with Crippen LogP contribution in [-0.2, 0) is 0 Å². The Morgan fingerprint density at radius 1 is 1.08 bits per heavy atom. The number of aromatic nitrogens is 3. The van der Waals surface area contributed by atoms with E-state index < -0.39 is 6.61 Å². The van der Waals surface area contributed by atoms with Crippen molar-refractivity contribution in [2.24, 2.45) is 4.99 Å². The number of rotatable bonds is 4. The normalized spacial score (nSPS) is 16.3. The van der Waals surface area contributed by atoms with Gasteiger partial charge in [0.25, 0.3) is 0 Å². The van der Waals surface area contributed by atoms with Gasteiger partial charge in [0.05, 0.1) is 11.8 Å². The predicted molar refractivity (Wildman–Crippen MR) is 93.5 cm³/mol. The molecule has 8 heteroatoms. The molecule has 0 spiro atoms. The van der Waals surface area contributed by atoms with Gasteiger partial charge in [0.1, 0.15) is 12.1 Å². The fourth-order valence-corrected chi connectivity index (χ4v) is 3.06. The first kappa shape index (κ1) is 16.7. The summed E-state index contributed by atoms with van der Waals surface area (Å²) in [7, 11) is 0. The number of ether oxygens (including phenoxy) is 1. The van der Waals surface area contributed by atoms with Crippen LogP contribution in [0.3, 0.4) is 0 Å². The smallest absolute Gasteiger partial charge is 0.387 e. The Morgan fingerprint density at radius 2 is 1.81 bits per heavy atom. The number of nitrogens with zero attached hydrogens (tertiary/aromatic N) is 4. The third-order valence-electron chi connectivity index (χ3n) is 4.14. The molecule has 1 aromatic heterocycles. The number of aliphatic imine (C=N–C) groups is 1. The third kappa shape index (κ3) is 3.30. The highest BCUT2D eigenvalue weighted by Gasteiger charge is 2.26. The van der Waals surface area contributed by atoms with Crippen molar-refractivity contribution in [1.82, 2.24) is 14.8 Å². The Balaban J connectivity index is 1.67. The maximum atomic E-state index is 12.3. The van der Waals surface area contributed by atoms with Gasteiger partial charge < -0.3 is 4.74 Å². The summed E-state index contributed by atoms with van der Waals surface area (Å²) >= 11 is 5.96. The van der Waals surface area contributed by atoms with Crippen LogP contribution < -0.4 is 4.74 Å². The van der Waals surface area contributed by atoms with Gasteiger partial charge in [-0.3, -0.25) is 0 Å². The molecule has 1 unspecified atom stereocenters. The van der Waals surface area contributed by atoms with Gasteiger partial charge >= 0.3 is 6.61 Å². The van der Waals surface area contributed by atoms with E-state index in [-0.39, 0.29) is 11.8 Å². The van der Waals surface area contributed by atoms with Crippen LogP contribution in [0.5, 0.6) is 5.75 Å². The highest BCUT2D eigenvalue weighted by molar-refractivity contribution is 6.30. The molecule has 1 atom stereocenters. The molecule has 0 N–H and O–H groups in total. The zero-order valence-electron chi connectivity index (χ0n) is 13.4. The molecule has 0 aliphatic carbocycles. The van der Waals surface area contributed by atoms with E-state index in [0.29, 0.717) is 17.4 Å². The summed E-state index contributed by atoms with van der Waals surface area (Å²) in [6, 6.07) is 13.8. The van der Waals surface area contributed by atoms with E-state index >= 15 is 0 Å². The van der Waals surface area contributed by atoms with E-state index in [4.69, 9.17) is 11.6 Å². The SMILES string of the molecule is FC(F)Oc1ccc(C2CC(c3ccc(Cl)cc3)=Nc3ncnn32)cc1. The van der Waals surface area contributed by atoms with E-state index in [1.54, 1.807) is 16.8 Å². The molecule has 132 valence electrons. The minimum Gasteiger partial charge on any atom is -0.435 e. The summed E-state index contributed by atoms with van der Waals surface area (Å²) < 4.78 is 30.8. The molecule has 1 aliphatic heterocycles. The monoisotopic (exact) mass is 374 g/mol. The molecule has 3 aromatic rings. The van der Waals surface area contributed by atoms with Crippen LogP contribution in [0.25, 0.3) is 0 Å². The van der Waals surface area contributed by atoms with Crippen LogP contribution in [0.15, 0.2) is 59.9 Å². The van der Waals surface area contributed by atoms with Crippen LogP contribution >= 0.6 is 11.6 Å². The molecule has 2 heterocycles. The minimum atomic E-state index is -2.85. The number of hydrogen-bond acceptors (Lipinski definition) is 4. The van der Waals surface area contributed by atoms with Crippen LogP contribution in [0.2, 0.25) is 5.02 Å². The first-order chi connectivity index (χ1) is 12.6. The van der Waals surface area contributed by atoms with Crippen molar-refractivity contribution in [2.45, 2.75) is 19.1 Å². The van der Waals surface area contributed by atoms with Crippen molar-refractivity contribution in [3.63, 3.8) is 0 Å². The van der Waals surface area contributed by atoms with Crippen LogP contribution in [-0.4, -0.2) is 27.1 Å². The summed E-state index contributed by atoms with van der Waals surface area (Å²) in [4.78, 5) is 8.77. The summed E-state index contributed by atoms with van der Waals surface area (Å²) in [6.45, 7) is -2.85. The number of alkyl halides is 2. The van der Waals surface area contributed by atoms with Crippen molar-refractivity contribution >= 4 is 23.3 Å². The van der Waals surface area contributed by atoms with Crippen LogP contribution in [0.4, 0.5) is 14.7 Å². The molecule has 0 bridgehead atoms. The van der Waals surface area contributed by atoms with Crippen LogP contribution in [0.1, 0.15) is 23.6 Å². The molecule has 0 saturated heterocycles. The Labute approximate surface area is 152 Å². The highest BCUT2D eigenvalue weighted by atomic mass is 35.5. The van der Waals surface area contributed by atoms with Crippen molar-refractivity contribution in [3.05, 3.63) is 71.0 Å². The van der Waals surface area contributed by atoms with E-state index in [9.17, 15) is 8.78 Å². The number of halogens is 3. The second kappa shape index (κ2) is 6.84. The molecule has 0 saturated carbocycles. The Morgan fingerprint density at radius 3 is 2.50 bits per heavy atom. The summed E-state index contributed by atoms with van der Waals surface area (Å²) in [6.07, 6.45) is 2.04. The maximum Gasteiger partial charge on any atom is 0.387 e. The molecular weight excluding hydrogens is 362 g/mol. The van der Waals surface area contributed by atoms with Crippen LogP contribution in [0, 0.1) is 0 Å². The Bertz CT molecular complexity index is 939. The average Bonchev–Trinajstić information content (AvgIpc) is 3.10. The molecule has 0 fully saturated rings. The fraction of sp³-hybridized carbons (Fsp3) is 0.167. The number of fused-ring (bicyclic) bond motifs is 1. The second-order valence-electron chi connectivity index (χ2n) is 5.74. The predicted octanol–water partition coefficient (Wildman–Crippen LogP) is 4.65. The second-order valence-corrected chi connectivity index (χ2v) is 6.17. The topological polar surface area (TPSA) is 52.3 Å². The van der Waals surface area contributed by atoms with E-state index in [0.717, 1.165) is 16.8 Å². The van der Waals surface area contributed by atoms with Gasteiger partial charge in [0.15, 0.2) is 0 Å². The Hall–Kier alpha value is -2.80. The summed E-state index contributed by atoms with van der Waals surface area (Å²) in [5.41, 5.74) is 2.71. The molecule has 2 aromatic carbocycles. The third-order valence-corrected chi connectivity index (χ3v) is 4.39. The van der Waals surface area contributed by atoms with Crippen molar-refractivity contribution < 1.29 is 13.5 Å². The van der Waals surface area contributed by atoms with Gasteiger partial charge in [-0.1, -0.05) is 35.9 Å². The fourth-order valence-electron chi connectivity index (χ4n) is 2.93. The molecule has 26 heavy (non-hydrogen) atoms. The summed E-state index contributed by atoms with van der Waals surface area (Å²) in [5.74, 6) is 0.615. The largest absolute Gasteiger partial charge is 0.435 e. The molecule has 1 aliphatic rings. The van der Waals surface area contributed by atoms with Gasteiger partial charge in [-0.25, -0.2) is 9.67 Å². The summed E-state index contributed by atoms with van der Waals surface area (Å²) in [5, 5.41) is 4.91. The van der Waals surface area contributed by atoms with Crippen molar-refractivity contribution in [2.75, 3.05) is 0 Å². The molecule has 4 rings (SSSR count). The van der Waals surface area contributed by atoms with E-state index in [1.165, 1.54) is 18.5 Å². The quantitative estimate of drug-likeness (QED) is 0.668. The van der Waals surface area contributed by atoms with Crippen molar-refractivity contribution in [3.8, 4) is 5.75 Å². The minimum absolute atomic E-state index is 0.116. The lowest BCUT2D eigenvalue weighted by atomic mass is 9.96. The lowest BCUT2D eigenvalue weighted by Crippen LogP contribution is -2.21.